The lowest BCUT2D eigenvalue weighted by Crippen LogP contribution is -2.46. The van der Waals surface area contributed by atoms with Gasteiger partial charge in [-0.25, -0.2) is 0 Å². The normalized spacial score (nSPS) is 23.6. The second-order valence-corrected chi connectivity index (χ2v) is 6.08. The first-order chi connectivity index (χ1) is 9.36. The second kappa shape index (κ2) is 6.21. The summed E-state index contributed by atoms with van der Waals surface area (Å²) in [6.45, 7) is 4.43. The Morgan fingerprint density at radius 2 is 2.00 bits per heavy atom. The van der Waals surface area contributed by atoms with Gasteiger partial charge in [-0.15, -0.1) is 0 Å². The highest BCUT2D eigenvalue weighted by Crippen LogP contribution is 2.41. The number of pyridine rings is 1. The van der Waals surface area contributed by atoms with Crippen molar-refractivity contribution in [3.63, 3.8) is 0 Å². The molecule has 2 aliphatic rings. The van der Waals surface area contributed by atoms with Crippen molar-refractivity contribution >= 4 is 11.6 Å². The van der Waals surface area contributed by atoms with E-state index in [1.165, 1.54) is 31.2 Å². The SMILES string of the molecule is Clc1cnccc1[C@H](C1CCCC1)N1CCNCC1. The van der Waals surface area contributed by atoms with Gasteiger partial charge in [-0.1, -0.05) is 24.4 Å². The number of halogens is 1. The molecule has 0 unspecified atom stereocenters. The number of hydrogen-bond acceptors (Lipinski definition) is 3. The molecule has 1 aromatic heterocycles. The largest absolute Gasteiger partial charge is 0.314 e. The summed E-state index contributed by atoms with van der Waals surface area (Å²) < 4.78 is 0. The van der Waals surface area contributed by atoms with Crippen LogP contribution in [0.5, 0.6) is 0 Å². The van der Waals surface area contributed by atoms with Gasteiger partial charge >= 0.3 is 0 Å². The van der Waals surface area contributed by atoms with E-state index in [-0.39, 0.29) is 0 Å². The standard InChI is InChI=1S/C15H22ClN3/c16-14-11-18-6-5-13(14)15(12-3-1-2-4-12)19-9-7-17-8-10-19/h5-6,11-12,15,17H,1-4,7-10H2/t15-/m0/s1. The number of rotatable bonds is 3. The van der Waals surface area contributed by atoms with Gasteiger partial charge in [0.2, 0.25) is 0 Å². The maximum absolute atomic E-state index is 6.41. The Labute approximate surface area is 120 Å². The summed E-state index contributed by atoms with van der Waals surface area (Å²) in [5, 5.41) is 4.27. The molecule has 104 valence electrons. The number of piperazine rings is 1. The summed E-state index contributed by atoms with van der Waals surface area (Å²) >= 11 is 6.41. The fourth-order valence-electron chi connectivity index (χ4n) is 3.61. The van der Waals surface area contributed by atoms with Crippen molar-refractivity contribution in [3.8, 4) is 0 Å². The van der Waals surface area contributed by atoms with Gasteiger partial charge in [0, 0.05) is 44.6 Å². The summed E-state index contributed by atoms with van der Waals surface area (Å²) in [6, 6.07) is 2.60. The third kappa shape index (κ3) is 2.93. The molecular formula is C15H22ClN3. The number of nitrogens with zero attached hydrogens (tertiary/aromatic N) is 2. The van der Waals surface area contributed by atoms with Gasteiger partial charge in [-0.3, -0.25) is 9.88 Å². The van der Waals surface area contributed by atoms with Gasteiger partial charge < -0.3 is 5.32 Å². The summed E-state index contributed by atoms with van der Waals surface area (Å²) in [6.07, 6.45) is 9.10. The minimum absolute atomic E-state index is 0.486. The third-order valence-electron chi connectivity index (χ3n) is 4.51. The van der Waals surface area contributed by atoms with E-state index in [1.807, 2.05) is 6.20 Å². The van der Waals surface area contributed by atoms with E-state index in [4.69, 9.17) is 11.6 Å². The number of nitrogens with one attached hydrogen (secondary N) is 1. The first kappa shape index (κ1) is 13.3. The maximum Gasteiger partial charge on any atom is 0.0637 e. The van der Waals surface area contributed by atoms with Crippen molar-refractivity contribution in [2.75, 3.05) is 26.2 Å². The minimum Gasteiger partial charge on any atom is -0.314 e. The fraction of sp³-hybridized carbons (Fsp3) is 0.667. The molecule has 0 radical (unpaired) electrons. The van der Waals surface area contributed by atoms with Crippen LogP contribution in [-0.4, -0.2) is 36.1 Å². The van der Waals surface area contributed by atoms with Gasteiger partial charge in [0.25, 0.3) is 0 Å². The molecule has 2 fully saturated rings. The van der Waals surface area contributed by atoms with Crippen LogP contribution in [0.4, 0.5) is 0 Å². The smallest absolute Gasteiger partial charge is 0.0637 e. The Hall–Kier alpha value is -0.640. The molecule has 0 amide bonds. The molecule has 1 atom stereocenters. The second-order valence-electron chi connectivity index (χ2n) is 5.67. The molecule has 0 aromatic carbocycles. The lowest BCUT2D eigenvalue weighted by Gasteiger charge is -2.39. The summed E-state index contributed by atoms with van der Waals surface area (Å²) in [7, 11) is 0. The first-order valence-corrected chi connectivity index (χ1v) is 7.78. The molecule has 0 spiro atoms. The zero-order valence-corrected chi connectivity index (χ0v) is 12.1. The van der Waals surface area contributed by atoms with E-state index in [1.54, 1.807) is 6.20 Å². The zero-order valence-electron chi connectivity index (χ0n) is 11.3. The van der Waals surface area contributed by atoms with Crippen LogP contribution in [0.25, 0.3) is 0 Å². The first-order valence-electron chi connectivity index (χ1n) is 7.40. The van der Waals surface area contributed by atoms with Crippen molar-refractivity contribution in [2.24, 2.45) is 5.92 Å². The predicted octanol–water partition coefficient (Wildman–Crippen LogP) is 2.87. The van der Waals surface area contributed by atoms with Crippen molar-refractivity contribution in [3.05, 3.63) is 29.0 Å². The molecule has 1 aliphatic carbocycles. The average Bonchev–Trinajstić information content (AvgIpc) is 2.96. The van der Waals surface area contributed by atoms with Crippen molar-refractivity contribution in [1.29, 1.82) is 0 Å². The van der Waals surface area contributed by atoms with Gasteiger partial charge in [0.15, 0.2) is 0 Å². The molecule has 0 bridgehead atoms. The zero-order chi connectivity index (χ0) is 13.1. The molecule has 1 saturated heterocycles. The van der Waals surface area contributed by atoms with E-state index >= 15 is 0 Å². The van der Waals surface area contributed by atoms with Crippen LogP contribution in [0.15, 0.2) is 18.5 Å². The molecule has 4 heteroatoms. The minimum atomic E-state index is 0.486. The Bertz CT molecular complexity index is 412. The van der Waals surface area contributed by atoms with Crippen LogP contribution < -0.4 is 5.32 Å². The van der Waals surface area contributed by atoms with Crippen LogP contribution in [0.1, 0.15) is 37.3 Å². The highest BCUT2D eigenvalue weighted by atomic mass is 35.5. The van der Waals surface area contributed by atoms with E-state index in [2.05, 4.69) is 21.3 Å². The van der Waals surface area contributed by atoms with Crippen LogP contribution in [-0.2, 0) is 0 Å². The van der Waals surface area contributed by atoms with E-state index in [0.29, 0.717) is 6.04 Å². The molecule has 1 aliphatic heterocycles. The van der Waals surface area contributed by atoms with Gasteiger partial charge in [-0.2, -0.15) is 0 Å². The molecular weight excluding hydrogens is 258 g/mol. The van der Waals surface area contributed by atoms with Gasteiger partial charge in [0.05, 0.1) is 5.02 Å². The monoisotopic (exact) mass is 279 g/mol. The van der Waals surface area contributed by atoms with Crippen molar-refractivity contribution in [2.45, 2.75) is 31.7 Å². The maximum atomic E-state index is 6.41. The Morgan fingerprint density at radius 1 is 1.26 bits per heavy atom. The third-order valence-corrected chi connectivity index (χ3v) is 4.83. The molecule has 19 heavy (non-hydrogen) atoms. The molecule has 1 N–H and O–H groups in total. The number of aromatic nitrogens is 1. The molecule has 3 rings (SSSR count). The van der Waals surface area contributed by atoms with E-state index < -0.39 is 0 Å². The van der Waals surface area contributed by atoms with Crippen LogP contribution in [0, 0.1) is 5.92 Å². The van der Waals surface area contributed by atoms with Crippen LogP contribution >= 0.6 is 11.6 Å². The topological polar surface area (TPSA) is 28.2 Å². The molecule has 3 nitrogen and oxygen atoms in total. The number of hydrogen-bond donors (Lipinski definition) is 1. The van der Waals surface area contributed by atoms with Crippen molar-refractivity contribution < 1.29 is 0 Å². The van der Waals surface area contributed by atoms with Gasteiger partial charge in [0.1, 0.15) is 0 Å². The van der Waals surface area contributed by atoms with E-state index in [9.17, 15) is 0 Å². The molecule has 1 aromatic rings. The van der Waals surface area contributed by atoms with E-state index in [0.717, 1.165) is 37.1 Å². The van der Waals surface area contributed by atoms with Gasteiger partial charge in [-0.05, 0) is 30.4 Å². The van der Waals surface area contributed by atoms with Crippen LogP contribution in [0.2, 0.25) is 5.02 Å². The Balaban J connectivity index is 1.88. The highest BCUT2D eigenvalue weighted by Gasteiger charge is 2.32. The summed E-state index contributed by atoms with van der Waals surface area (Å²) in [5.41, 5.74) is 1.28. The summed E-state index contributed by atoms with van der Waals surface area (Å²) in [4.78, 5) is 6.76. The predicted molar refractivity (Wildman–Crippen MR) is 78.4 cm³/mol. The molecule has 1 saturated carbocycles. The Kier molecular flexibility index (Phi) is 4.36. The quantitative estimate of drug-likeness (QED) is 0.922. The highest BCUT2D eigenvalue weighted by molar-refractivity contribution is 6.31. The average molecular weight is 280 g/mol. The summed E-state index contributed by atoms with van der Waals surface area (Å²) in [5.74, 6) is 0.762. The van der Waals surface area contributed by atoms with Crippen LogP contribution in [0.3, 0.4) is 0 Å². The fourth-order valence-corrected chi connectivity index (χ4v) is 3.84. The van der Waals surface area contributed by atoms with Crippen molar-refractivity contribution in [1.82, 2.24) is 15.2 Å². The lowest BCUT2D eigenvalue weighted by molar-refractivity contribution is 0.125. The Morgan fingerprint density at radius 3 is 2.68 bits per heavy atom. The lowest BCUT2D eigenvalue weighted by atomic mass is 9.90. The molecule has 2 heterocycles.